The lowest BCUT2D eigenvalue weighted by molar-refractivity contribution is -0.214. The van der Waals surface area contributed by atoms with Crippen molar-refractivity contribution in [2.75, 3.05) is 14.2 Å². The molecule has 2 bridgehead atoms. The molecule has 23 heavy (non-hydrogen) atoms. The fourth-order valence-electron chi connectivity index (χ4n) is 3.64. The monoisotopic (exact) mass is 318 g/mol. The molecular weight excluding hydrogens is 292 g/mol. The Morgan fingerprint density at radius 2 is 1.87 bits per heavy atom. The molecule has 3 rings (SSSR count). The van der Waals surface area contributed by atoms with Crippen molar-refractivity contribution in [2.45, 2.75) is 51.8 Å². The fourth-order valence-corrected chi connectivity index (χ4v) is 3.64. The zero-order valence-corrected chi connectivity index (χ0v) is 14.6. The quantitative estimate of drug-likeness (QED) is 0.776. The number of hydrogen-bond donors (Lipinski definition) is 0. The zero-order valence-electron chi connectivity index (χ0n) is 14.6. The molecule has 1 aromatic carbocycles. The second kappa shape index (κ2) is 5.93. The molecule has 2 aliphatic rings. The highest BCUT2D eigenvalue weighted by atomic mass is 16.7. The van der Waals surface area contributed by atoms with Crippen molar-refractivity contribution >= 4 is 0 Å². The smallest absolute Gasteiger partial charge is 0.191 e. The van der Waals surface area contributed by atoms with E-state index in [2.05, 4.69) is 26.8 Å². The first kappa shape index (κ1) is 16.5. The molecule has 2 heterocycles. The van der Waals surface area contributed by atoms with Crippen molar-refractivity contribution in [3.8, 4) is 5.75 Å². The van der Waals surface area contributed by atoms with Gasteiger partial charge in [0.05, 0.1) is 19.8 Å². The summed E-state index contributed by atoms with van der Waals surface area (Å²) in [7, 11) is 3.39. The summed E-state index contributed by atoms with van der Waals surface area (Å²) < 4.78 is 23.3. The Morgan fingerprint density at radius 1 is 1.17 bits per heavy atom. The van der Waals surface area contributed by atoms with Crippen molar-refractivity contribution < 1.29 is 18.9 Å². The molecule has 4 heteroatoms. The van der Waals surface area contributed by atoms with Crippen molar-refractivity contribution in [1.29, 1.82) is 0 Å². The lowest BCUT2D eigenvalue weighted by Gasteiger charge is -2.36. The third kappa shape index (κ3) is 2.91. The van der Waals surface area contributed by atoms with E-state index in [1.807, 2.05) is 24.3 Å². The highest BCUT2D eigenvalue weighted by Crippen LogP contribution is 2.52. The maximum atomic E-state index is 6.26. The number of rotatable bonds is 5. The van der Waals surface area contributed by atoms with E-state index in [1.54, 1.807) is 14.2 Å². The van der Waals surface area contributed by atoms with Gasteiger partial charge in [0.25, 0.3) is 0 Å². The lowest BCUT2D eigenvalue weighted by Crippen LogP contribution is -2.43. The minimum absolute atomic E-state index is 0.00407. The number of ether oxygens (including phenoxy) is 4. The Hall–Kier alpha value is -1.36. The van der Waals surface area contributed by atoms with Crippen LogP contribution in [0.2, 0.25) is 0 Å². The second-order valence-electron chi connectivity index (χ2n) is 7.13. The van der Waals surface area contributed by atoms with Crippen LogP contribution in [0.4, 0.5) is 0 Å². The Balaban J connectivity index is 1.74. The third-order valence-electron chi connectivity index (χ3n) is 5.02. The van der Waals surface area contributed by atoms with Gasteiger partial charge in [0, 0.05) is 13.5 Å². The summed E-state index contributed by atoms with van der Waals surface area (Å²) in [6.07, 6.45) is 2.96. The van der Waals surface area contributed by atoms with Crippen molar-refractivity contribution in [3.05, 3.63) is 41.5 Å². The highest BCUT2D eigenvalue weighted by molar-refractivity contribution is 5.27. The van der Waals surface area contributed by atoms with Gasteiger partial charge in [-0.2, -0.15) is 0 Å². The molecule has 126 valence electrons. The zero-order chi connectivity index (χ0) is 16.7. The van der Waals surface area contributed by atoms with Crippen LogP contribution in [0.1, 0.15) is 32.8 Å². The Kier molecular flexibility index (Phi) is 4.25. The van der Waals surface area contributed by atoms with Gasteiger partial charge in [-0.1, -0.05) is 26.0 Å². The van der Waals surface area contributed by atoms with Crippen LogP contribution in [0.15, 0.2) is 35.9 Å². The van der Waals surface area contributed by atoms with Crippen LogP contribution < -0.4 is 4.74 Å². The molecule has 3 unspecified atom stereocenters. The second-order valence-corrected chi connectivity index (χ2v) is 7.13. The normalized spacial score (nSPS) is 31.8. The van der Waals surface area contributed by atoms with Crippen LogP contribution >= 0.6 is 0 Å². The average Bonchev–Trinajstić information content (AvgIpc) is 2.80. The molecular formula is C19H26O4. The van der Waals surface area contributed by atoms with Crippen LogP contribution in [-0.4, -0.2) is 32.2 Å². The Bertz CT molecular complexity index is 590. The van der Waals surface area contributed by atoms with Crippen molar-refractivity contribution in [2.24, 2.45) is 5.41 Å². The van der Waals surface area contributed by atoms with Gasteiger partial charge >= 0.3 is 0 Å². The maximum absolute atomic E-state index is 6.26. The molecule has 0 N–H and O–H groups in total. The van der Waals surface area contributed by atoms with Crippen LogP contribution in [0, 0.1) is 5.41 Å². The molecule has 0 radical (unpaired) electrons. The van der Waals surface area contributed by atoms with Gasteiger partial charge in [-0.15, -0.1) is 0 Å². The summed E-state index contributed by atoms with van der Waals surface area (Å²) in [6, 6.07) is 7.95. The predicted octanol–water partition coefficient (Wildman–Crippen LogP) is 3.70. The van der Waals surface area contributed by atoms with Gasteiger partial charge in [-0.25, -0.2) is 0 Å². The van der Waals surface area contributed by atoms with Crippen LogP contribution in [0.3, 0.4) is 0 Å². The minimum Gasteiger partial charge on any atom is -0.497 e. The summed E-state index contributed by atoms with van der Waals surface area (Å²) >= 11 is 0. The van der Waals surface area contributed by atoms with E-state index in [0.29, 0.717) is 6.61 Å². The van der Waals surface area contributed by atoms with E-state index in [4.69, 9.17) is 18.9 Å². The summed E-state index contributed by atoms with van der Waals surface area (Å²) in [6.45, 7) is 7.04. The van der Waals surface area contributed by atoms with E-state index in [1.165, 1.54) is 0 Å². The molecule has 1 saturated heterocycles. The van der Waals surface area contributed by atoms with E-state index in [-0.39, 0.29) is 17.6 Å². The topological polar surface area (TPSA) is 36.9 Å². The predicted molar refractivity (Wildman–Crippen MR) is 88.3 cm³/mol. The third-order valence-corrected chi connectivity index (χ3v) is 5.02. The van der Waals surface area contributed by atoms with Gasteiger partial charge < -0.3 is 18.9 Å². The molecule has 0 spiro atoms. The first-order valence-electron chi connectivity index (χ1n) is 8.06. The number of methoxy groups -OCH3 is 2. The largest absolute Gasteiger partial charge is 0.497 e. The molecule has 0 aliphatic carbocycles. The van der Waals surface area contributed by atoms with E-state index >= 15 is 0 Å². The van der Waals surface area contributed by atoms with Crippen LogP contribution in [-0.2, 0) is 20.8 Å². The highest BCUT2D eigenvalue weighted by Gasteiger charge is 2.57. The molecule has 2 aliphatic heterocycles. The lowest BCUT2D eigenvalue weighted by atomic mass is 9.82. The van der Waals surface area contributed by atoms with E-state index in [0.717, 1.165) is 23.3 Å². The standard InChI is InChI=1S/C19H26O4/c1-13-10-16(17-18(2,3)12-19(13,21-5)23-17)22-11-14-6-8-15(20-4)9-7-14/h6-10,16-17H,11-12H2,1-5H3. The summed E-state index contributed by atoms with van der Waals surface area (Å²) in [5, 5.41) is 0. The number of fused-ring (bicyclic) bond motifs is 2. The molecule has 1 fully saturated rings. The summed E-state index contributed by atoms with van der Waals surface area (Å²) in [5.41, 5.74) is 2.23. The minimum atomic E-state index is -0.575. The van der Waals surface area contributed by atoms with Gasteiger partial charge in [0.1, 0.15) is 11.9 Å². The van der Waals surface area contributed by atoms with Gasteiger partial charge in [-0.3, -0.25) is 0 Å². The molecule has 3 atom stereocenters. The molecule has 0 saturated carbocycles. The summed E-state index contributed by atoms with van der Waals surface area (Å²) in [5.74, 6) is 0.279. The Labute approximate surface area is 138 Å². The summed E-state index contributed by atoms with van der Waals surface area (Å²) in [4.78, 5) is 0. The molecule has 0 aromatic heterocycles. The van der Waals surface area contributed by atoms with Crippen LogP contribution in [0.25, 0.3) is 0 Å². The van der Waals surface area contributed by atoms with E-state index in [9.17, 15) is 0 Å². The molecule has 4 nitrogen and oxygen atoms in total. The average molecular weight is 318 g/mol. The molecule has 1 aromatic rings. The number of hydrogen-bond acceptors (Lipinski definition) is 4. The van der Waals surface area contributed by atoms with E-state index < -0.39 is 5.79 Å². The first-order chi connectivity index (χ1) is 10.9. The fraction of sp³-hybridized carbons (Fsp3) is 0.579. The number of benzene rings is 1. The van der Waals surface area contributed by atoms with Gasteiger partial charge in [0.15, 0.2) is 5.79 Å². The van der Waals surface area contributed by atoms with Gasteiger partial charge in [-0.05, 0) is 41.7 Å². The van der Waals surface area contributed by atoms with Crippen molar-refractivity contribution in [1.82, 2.24) is 0 Å². The molecule has 0 amide bonds. The Morgan fingerprint density at radius 3 is 2.48 bits per heavy atom. The van der Waals surface area contributed by atoms with Gasteiger partial charge in [0.2, 0.25) is 0 Å². The van der Waals surface area contributed by atoms with Crippen LogP contribution in [0.5, 0.6) is 5.75 Å². The SMILES string of the molecule is COc1ccc(COC2C=C(C)C3(OC)CC(C)(C)C2O3)cc1. The van der Waals surface area contributed by atoms with Crippen molar-refractivity contribution in [3.63, 3.8) is 0 Å². The maximum Gasteiger partial charge on any atom is 0.191 e. The first-order valence-corrected chi connectivity index (χ1v) is 8.06.